The molecule has 0 aliphatic rings. The summed E-state index contributed by atoms with van der Waals surface area (Å²) in [6, 6.07) is 13.4. The van der Waals surface area contributed by atoms with E-state index in [9.17, 15) is 5.11 Å². The van der Waals surface area contributed by atoms with Gasteiger partial charge in [-0.25, -0.2) is 0 Å². The van der Waals surface area contributed by atoms with E-state index in [0.29, 0.717) is 16.5 Å². The summed E-state index contributed by atoms with van der Waals surface area (Å²) >= 11 is 12.1. The Bertz CT molecular complexity index is 612. The number of halogens is 2. The van der Waals surface area contributed by atoms with Crippen molar-refractivity contribution in [3.05, 3.63) is 69.2 Å². The Morgan fingerprint density at radius 2 is 1.62 bits per heavy atom. The summed E-state index contributed by atoms with van der Waals surface area (Å²) in [7, 11) is 0. The second kappa shape index (κ2) is 6.39. The van der Waals surface area contributed by atoms with Crippen molar-refractivity contribution in [3.8, 4) is 0 Å². The normalized spacial score (nSPS) is 13.2. The van der Waals surface area contributed by atoms with Crippen molar-refractivity contribution in [2.24, 2.45) is 0 Å². The largest absolute Gasteiger partial charge is 0.388 e. The van der Waals surface area contributed by atoms with E-state index in [1.165, 1.54) is 5.56 Å². The van der Waals surface area contributed by atoms with Crippen molar-refractivity contribution in [1.82, 2.24) is 0 Å². The lowest BCUT2D eigenvalue weighted by Crippen LogP contribution is -2.11. The van der Waals surface area contributed by atoms with Crippen LogP contribution in [0.2, 0.25) is 10.0 Å². The quantitative estimate of drug-likeness (QED) is 0.783. The lowest BCUT2D eigenvalue weighted by Gasteiger charge is -2.20. The first-order chi connectivity index (χ1) is 9.77. The number of rotatable bonds is 3. The molecule has 3 heteroatoms. The van der Waals surface area contributed by atoms with Crippen LogP contribution in [0.25, 0.3) is 0 Å². The molecule has 112 valence electrons. The van der Waals surface area contributed by atoms with Crippen LogP contribution < -0.4 is 0 Å². The van der Waals surface area contributed by atoms with Gasteiger partial charge in [0.2, 0.25) is 0 Å². The first-order valence-electron chi connectivity index (χ1n) is 7.00. The second-order valence-corrected chi connectivity index (χ2v) is 7.17. The van der Waals surface area contributed by atoms with Crippen molar-refractivity contribution in [3.63, 3.8) is 0 Å². The first kappa shape index (κ1) is 16.4. The number of hydrogen-bond acceptors (Lipinski definition) is 1. The number of aliphatic hydroxyl groups excluding tert-OH is 1. The molecule has 0 heterocycles. The third kappa shape index (κ3) is 4.23. The maximum atomic E-state index is 10.4. The smallest absolute Gasteiger partial charge is 0.0830 e. The van der Waals surface area contributed by atoms with Gasteiger partial charge in [-0.1, -0.05) is 68.2 Å². The van der Waals surface area contributed by atoms with E-state index < -0.39 is 6.10 Å². The Labute approximate surface area is 136 Å². The Kier molecular flexibility index (Phi) is 4.98. The van der Waals surface area contributed by atoms with Crippen molar-refractivity contribution in [2.75, 3.05) is 0 Å². The van der Waals surface area contributed by atoms with Gasteiger partial charge in [0.25, 0.3) is 0 Å². The van der Waals surface area contributed by atoms with Crippen molar-refractivity contribution in [1.29, 1.82) is 0 Å². The summed E-state index contributed by atoms with van der Waals surface area (Å²) in [6.45, 7) is 6.51. The molecule has 0 fully saturated rings. The van der Waals surface area contributed by atoms with Gasteiger partial charge in [-0.05, 0) is 40.3 Å². The van der Waals surface area contributed by atoms with Gasteiger partial charge in [0.1, 0.15) is 0 Å². The average Bonchev–Trinajstić information content (AvgIpc) is 2.42. The van der Waals surface area contributed by atoms with Crippen LogP contribution in [0.4, 0.5) is 0 Å². The van der Waals surface area contributed by atoms with Crippen molar-refractivity contribution < 1.29 is 5.11 Å². The zero-order valence-electron chi connectivity index (χ0n) is 12.5. The Balaban J connectivity index is 2.17. The molecule has 0 aliphatic heterocycles. The van der Waals surface area contributed by atoms with E-state index >= 15 is 0 Å². The molecule has 0 bridgehead atoms. The number of hydrogen-bond donors (Lipinski definition) is 1. The molecule has 0 radical (unpaired) electrons. The van der Waals surface area contributed by atoms with Crippen LogP contribution >= 0.6 is 23.2 Å². The van der Waals surface area contributed by atoms with Gasteiger partial charge in [-0.3, -0.25) is 0 Å². The van der Waals surface area contributed by atoms with Crippen molar-refractivity contribution in [2.45, 2.75) is 38.7 Å². The van der Waals surface area contributed by atoms with Crippen LogP contribution in [0.5, 0.6) is 0 Å². The predicted molar refractivity (Wildman–Crippen MR) is 90.3 cm³/mol. The zero-order chi connectivity index (χ0) is 15.6. The molecule has 1 nitrogen and oxygen atoms in total. The average molecular weight is 323 g/mol. The summed E-state index contributed by atoms with van der Waals surface area (Å²) in [5.41, 5.74) is 3.11. The van der Waals surface area contributed by atoms with Crippen LogP contribution in [-0.4, -0.2) is 5.11 Å². The molecule has 1 atom stereocenters. The SMILES string of the molecule is CC(C)(C)c1ccc(C(O)Cc2cc(Cl)ccc2Cl)cc1. The fraction of sp³-hybridized carbons (Fsp3) is 0.333. The molecule has 21 heavy (non-hydrogen) atoms. The zero-order valence-corrected chi connectivity index (χ0v) is 14.0. The fourth-order valence-electron chi connectivity index (χ4n) is 2.23. The number of benzene rings is 2. The van der Waals surface area contributed by atoms with E-state index in [2.05, 4.69) is 32.9 Å². The Morgan fingerprint density at radius 3 is 2.19 bits per heavy atom. The molecule has 2 rings (SSSR count). The fourth-order valence-corrected chi connectivity index (χ4v) is 2.62. The van der Waals surface area contributed by atoms with E-state index in [1.54, 1.807) is 18.2 Å². The standard InChI is InChI=1S/C18H20Cl2O/c1-18(2,3)14-6-4-12(5-7-14)17(21)11-13-10-15(19)8-9-16(13)20/h4-10,17,21H,11H2,1-3H3. The van der Waals surface area contributed by atoms with Gasteiger partial charge >= 0.3 is 0 Å². The summed E-state index contributed by atoms with van der Waals surface area (Å²) in [5, 5.41) is 11.6. The molecule has 0 aliphatic carbocycles. The van der Waals surface area contributed by atoms with Gasteiger partial charge in [-0.2, -0.15) is 0 Å². The van der Waals surface area contributed by atoms with E-state index in [4.69, 9.17) is 23.2 Å². The molecule has 2 aromatic carbocycles. The third-order valence-electron chi connectivity index (χ3n) is 3.58. The van der Waals surface area contributed by atoms with Crippen LogP contribution in [0.15, 0.2) is 42.5 Å². The number of aliphatic hydroxyl groups is 1. The molecule has 0 amide bonds. The minimum absolute atomic E-state index is 0.111. The van der Waals surface area contributed by atoms with Crippen LogP contribution in [0.1, 0.15) is 43.6 Å². The molecule has 0 spiro atoms. The molecular formula is C18H20Cl2O. The van der Waals surface area contributed by atoms with Crippen molar-refractivity contribution >= 4 is 23.2 Å². The first-order valence-corrected chi connectivity index (χ1v) is 7.75. The maximum absolute atomic E-state index is 10.4. The van der Waals surface area contributed by atoms with Gasteiger partial charge in [0.15, 0.2) is 0 Å². The lowest BCUT2D eigenvalue weighted by molar-refractivity contribution is 0.178. The van der Waals surface area contributed by atoms with Gasteiger partial charge in [0, 0.05) is 16.5 Å². The van der Waals surface area contributed by atoms with Crippen LogP contribution in [0, 0.1) is 0 Å². The Morgan fingerprint density at radius 1 is 1.00 bits per heavy atom. The van der Waals surface area contributed by atoms with Crippen LogP contribution in [-0.2, 0) is 11.8 Å². The maximum Gasteiger partial charge on any atom is 0.0830 e. The summed E-state index contributed by atoms with van der Waals surface area (Å²) in [5.74, 6) is 0. The van der Waals surface area contributed by atoms with E-state index in [1.807, 2.05) is 12.1 Å². The molecule has 0 saturated heterocycles. The molecule has 0 saturated carbocycles. The summed E-state index contributed by atoms with van der Waals surface area (Å²) in [6.07, 6.45) is -0.135. The van der Waals surface area contributed by atoms with E-state index in [-0.39, 0.29) is 5.41 Å². The van der Waals surface area contributed by atoms with Gasteiger partial charge < -0.3 is 5.11 Å². The highest BCUT2D eigenvalue weighted by Gasteiger charge is 2.15. The monoisotopic (exact) mass is 322 g/mol. The second-order valence-electron chi connectivity index (χ2n) is 6.33. The highest BCUT2D eigenvalue weighted by molar-refractivity contribution is 6.33. The van der Waals surface area contributed by atoms with Gasteiger partial charge in [-0.15, -0.1) is 0 Å². The third-order valence-corrected chi connectivity index (χ3v) is 4.19. The Hall–Kier alpha value is -1.02. The summed E-state index contributed by atoms with van der Waals surface area (Å²) < 4.78 is 0. The highest BCUT2D eigenvalue weighted by Crippen LogP contribution is 2.28. The highest BCUT2D eigenvalue weighted by atomic mass is 35.5. The molecule has 0 aromatic heterocycles. The van der Waals surface area contributed by atoms with E-state index in [0.717, 1.165) is 11.1 Å². The molecule has 1 N–H and O–H groups in total. The van der Waals surface area contributed by atoms with Crippen LogP contribution in [0.3, 0.4) is 0 Å². The molecule has 1 unspecified atom stereocenters. The minimum atomic E-state index is -0.588. The van der Waals surface area contributed by atoms with Gasteiger partial charge in [0.05, 0.1) is 6.10 Å². The lowest BCUT2D eigenvalue weighted by atomic mass is 9.86. The topological polar surface area (TPSA) is 20.2 Å². The predicted octanol–water partition coefficient (Wildman–Crippen LogP) is 5.57. The molecular weight excluding hydrogens is 303 g/mol. The summed E-state index contributed by atoms with van der Waals surface area (Å²) in [4.78, 5) is 0. The minimum Gasteiger partial charge on any atom is -0.388 e. The molecule has 2 aromatic rings.